The van der Waals surface area contributed by atoms with Gasteiger partial charge in [-0.2, -0.15) is 30.7 Å². The summed E-state index contributed by atoms with van der Waals surface area (Å²) >= 11 is 0. The van der Waals surface area contributed by atoms with Crippen LogP contribution in [0.5, 0.6) is 0 Å². The SMILES string of the molecule is O=C(Cc1ccccc1)OCC(F)(F)C(F)(F)C(F)(F)F. The molecule has 0 atom stereocenters. The van der Waals surface area contributed by atoms with E-state index in [1.54, 1.807) is 6.07 Å². The molecular formula is C12H9F7O2. The second-order valence-electron chi connectivity index (χ2n) is 4.10. The van der Waals surface area contributed by atoms with Crippen LogP contribution in [0.4, 0.5) is 30.7 Å². The van der Waals surface area contributed by atoms with Crippen molar-refractivity contribution in [2.24, 2.45) is 0 Å². The molecule has 21 heavy (non-hydrogen) atoms. The summed E-state index contributed by atoms with van der Waals surface area (Å²) in [5.74, 6) is -13.2. The number of rotatable bonds is 5. The molecule has 0 aliphatic carbocycles. The van der Waals surface area contributed by atoms with Gasteiger partial charge in [0.25, 0.3) is 0 Å². The van der Waals surface area contributed by atoms with Gasteiger partial charge < -0.3 is 4.74 Å². The van der Waals surface area contributed by atoms with Crippen LogP contribution in [0.15, 0.2) is 30.3 Å². The fourth-order valence-electron chi connectivity index (χ4n) is 1.28. The summed E-state index contributed by atoms with van der Waals surface area (Å²) in [5, 5.41) is 0. The van der Waals surface area contributed by atoms with Gasteiger partial charge in [0.15, 0.2) is 6.61 Å². The summed E-state index contributed by atoms with van der Waals surface area (Å²) in [5.41, 5.74) is 0.341. The fourth-order valence-corrected chi connectivity index (χ4v) is 1.28. The van der Waals surface area contributed by atoms with Gasteiger partial charge in [-0.3, -0.25) is 4.79 Å². The second-order valence-corrected chi connectivity index (χ2v) is 4.10. The Hall–Kier alpha value is -1.80. The van der Waals surface area contributed by atoms with Gasteiger partial charge in [-0.1, -0.05) is 30.3 Å². The molecule has 0 radical (unpaired) electrons. The van der Waals surface area contributed by atoms with E-state index in [9.17, 15) is 35.5 Å². The quantitative estimate of drug-likeness (QED) is 0.612. The van der Waals surface area contributed by atoms with Gasteiger partial charge in [-0.05, 0) is 5.56 Å². The zero-order chi connectivity index (χ0) is 16.3. The van der Waals surface area contributed by atoms with Crippen LogP contribution in [0.3, 0.4) is 0 Å². The number of benzene rings is 1. The van der Waals surface area contributed by atoms with Crippen LogP contribution in [0, 0.1) is 0 Å². The van der Waals surface area contributed by atoms with Crippen molar-refractivity contribution in [1.29, 1.82) is 0 Å². The molecule has 0 aromatic heterocycles. The number of alkyl halides is 7. The lowest BCUT2D eigenvalue weighted by atomic mass is 10.1. The number of carbonyl (C=O) groups is 1. The zero-order valence-electron chi connectivity index (χ0n) is 10.3. The maximum atomic E-state index is 12.8. The first-order valence-corrected chi connectivity index (χ1v) is 5.49. The van der Waals surface area contributed by atoms with Crippen molar-refractivity contribution in [3.05, 3.63) is 35.9 Å². The second kappa shape index (κ2) is 5.90. The summed E-state index contributed by atoms with van der Waals surface area (Å²) in [4.78, 5) is 11.2. The minimum atomic E-state index is -6.44. The van der Waals surface area contributed by atoms with Crippen molar-refractivity contribution >= 4 is 5.97 Å². The van der Waals surface area contributed by atoms with Crippen molar-refractivity contribution in [3.63, 3.8) is 0 Å². The highest BCUT2D eigenvalue weighted by Gasteiger charge is 2.73. The molecule has 0 saturated heterocycles. The first kappa shape index (κ1) is 17.3. The number of ether oxygens (including phenoxy) is 1. The Kier molecular flexibility index (Phi) is 4.85. The first-order valence-electron chi connectivity index (χ1n) is 5.49. The first-order chi connectivity index (χ1) is 9.47. The van der Waals surface area contributed by atoms with E-state index >= 15 is 0 Å². The van der Waals surface area contributed by atoms with E-state index in [1.807, 2.05) is 0 Å². The molecule has 2 nitrogen and oxygen atoms in total. The molecule has 0 N–H and O–H groups in total. The van der Waals surface area contributed by atoms with Crippen molar-refractivity contribution in [2.45, 2.75) is 24.4 Å². The Morgan fingerprint density at radius 1 is 0.952 bits per heavy atom. The fraction of sp³-hybridized carbons (Fsp3) is 0.417. The van der Waals surface area contributed by atoms with Gasteiger partial charge in [0.1, 0.15) is 0 Å². The summed E-state index contributed by atoms with van der Waals surface area (Å²) in [6, 6.07) is 7.52. The number of esters is 1. The van der Waals surface area contributed by atoms with Gasteiger partial charge in [-0.15, -0.1) is 0 Å². The average Bonchev–Trinajstić information content (AvgIpc) is 2.36. The van der Waals surface area contributed by atoms with E-state index in [0.717, 1.165) is 0 Å². The highest BCUT2D eigenvalue weighted by Crippen LogP contribution is 2.46. The van der Waals surface area contributed by atoms with Crippen molar-refractivity contribution < 1.29 is 40.3 Å². The summed E-state index contributed by atoms with van der Waals surface area (Å²) in [6.07, 6.45) is -6.96. The Morgan fingerprint density at radius 2 is 1.48 bits per heavy atom. The van der Waals surface area contributed by atoms with Gasteiger partial charge in [0, 0.05) is 0 Å². The molecule has 0 aliphatic rings. The number of halogens is 7. The molecular weight excluding hydrogens is 309 g/mol. The van der Waals surface area contributed by atoms with Gasteiger partial charge in [0.05, 0.1) is 6.42 Å². The van der Waals surface area contributed by atoms with Gasteiger partial charge in [0.2, 0.25) is 0 Å². The number of hydrogen-bond donors (Lipinski definition) is 0. The Bertz CT molecular complexity index is 482. The van der Waals surface area contributed by atoms with Crippen LogP contribution in [0.2, 0.25) is 0 Å². The van der Waals surface area contributed by atoms with Gasteiger partial charge in [-0.25, -0.2) is 0 Å². The molecule has 1 aromatic carbocycles. The standard InChI is InChI=1S/C12H9F7O2/c13-10(14,11(15,16)12(17,18)19)7-21-9(20)6-8-4-2-1-3-5-8/h1-5H,6-7H2. The average molecular weight is 318 g/mol. The van der Waals surface area contributed by atoms with Crippen LogP contribution in [0.25, 0.3) is 0 Å². The van der Waals surface area contributed by atoms with Gasteiger partial charge >= 0.3 is 24.0 Å². The monoisotopic (exact) mass is 318 g/mol. The van der Waals surface area contributed by atoms with E-state index in [-0.39, 0.29) is 0 Å². The molecule has 9 heteroatoms. The van der Waals surface area contributed by atoms with Crippen LogP contribution < -0.4 is 0 Å². The molecule has 0 spiro atoms. The van der Waals surface area contributed by atoms with E-state index < -0.39 is 37.0 Å². The van der Waals surface area contributed by atoms with Crippen LogP contribution >= 0.6 is 0 Å². The summed E-state index contributed by atoms with van der Waals surface area (Å²) in [6.45, 7) is -2.36. The lowest BCUT2D eigenvalue weighted by Crippen LogP contribution is -2.54. The van der Waals surface area contributed by atoms with Crippen LogP contribution in [0.1, 0.15) is 5.56 Å². The number of hydrogen-bond acceptors (Lipinski definition) is 2. The summed E-state index contributed by atoms with van der Waals surface area (Å²) < 4.78 is 90.1. The molecule has 0 bridgehead atoms. The number of carbonyl (C=O) groups excluding carboxylic acids is 1. The zero-order valence-corrected chi connectivity index (χ0v) is 10.3. The van der Waals surface area contributed by atoms with Crippen molar-refractivity contribution in [1.82, 2.24) is 0 Å². The van der Waals surface area contributed by atoms with Crippen LogP contribution in [-0.2, 0) is 16.0 Å². The van der Waals surface area contributed by atoms with E-state index in [1.165, 1.54) is 24.3 Å². The van der Waals surface area contributed by atoms with Crippen molar-refractivity contribution in [3.8, 4) is 0 Å². The predicted molar refractivity (Wildman–Crippen MR) is 57.1 cm³/mol. The van der Waals surface area contributed by atoms with E-state index in [2.05, 4.69) is 4.74 Å². The summed E-state index contributed by atoms with van der Waals surface area (Å²) in [7, 11) is 0. The predicted octanol–water partition coefficient (Wildman–Crippen LogP) is 3.61. The maximum absolute atomic E-state index is 12.8. The Morgan fingerprint density at radius 3 is 1.95 bits per heavy atom. The molecule has 1 aromatic rings. The molecule has 0 heterocycles. The third kappa shape index (κ3) is 4.08. The Labute approximate surface area is 114 Å². The molecule has 0 amide bonds. The van der Waals surface area contributed by atoms with E-state index in [0.29, 0.717) is 5.56 Å². The molecule has 0 unspecified atom stereocenters. The molecule has 1 rings (SSSR count). The highest BCUT2D eigenvalue weighted by atomic mass is 19.4. The lowest BCUT2D eigenvalue weighted by molar-refractivity contribution is -0.359. The molecule has 0 aliphatic heterocycles. The molecule has 118 valence electrons. The Balaban J connectivity index is 2.63. The molecule has 0 saturated carbocycles. The molecule has 0 fully saturated rings. The third-order valence-corrected chi connectivity index (χ3v) is 2.42. The highest BCUT2D eigenvalue weighted by molar-refractivity contribution is 5.72. The normalized spacial score (nSPS) is 13.1. The third-order valence-electron chi connectivity index (χ3n) is 2.42. The van der Waals surface area contributed by atoms with Crippen molar-refractivity contribution in [2.75, 3.05) is 6.61 Å². The topological polar surface area (TPSA) is 26.3 Å². The largest absolute Gasteiger partial charge is 0.460 e. The maximum Gasteiger partial charge on any atom is 0.460 e. The minimum absolute atomic E-state index is 0.341. The lowest BCUT2D eigenvalue weighted by Gasteiger charge is -2.27. The minimum Gasteiger partial charge on any atom is -0.459 e. The van der Waals surface area contributed by atoms with Crippen LogP contribution in [-0.4, -0.2) is 30.6 Å². The smallest absolute Gasteiger partial charge is 0.459 e. The van der Waals surface area contributed by atoms with E-state index in [4.69, 9.17) is 0 Å².